The van der Waals surface area contributed by atoms with Crippen LogP contribution in [0, 0.1) is 0 Å². The van der Waals surface area contributed by atoms with Crippen molar-refractivity contribution in [3.63, 3.8) is 0 Å². The molecule has 0 aromatic rings. The number of aliphatic hydroxyl groups is 1. The molecule has 1 saturated heterocycles. The first-order valence-electron chi connectivity index (χ1n) is 3.48. The monoisotopic (exact) mass is 181 g/mol. The van der Waals surface area contributed by atoms with E-state index >= 15 is 0 Å². The van der Waals surface area contributed by atoms with Crippen molar-refractivity contribution < 1.29 is 23.8 Å². The van der Waals surface area contributed by atoms with E-state index in [-0.39, 0.29) is 6.54 Å². The van der Waals surface area contributed by atoms with Crippen LogP contribution in [0.1, 0.15) is 12.8 Å². The first kappa shape index (κ1) is 9.18. The maximum Gasteiger partial charge on any atom is 0.409 e. The summed E-state index contributed by atoms with van der Waals surface area (Å²) in [5.74, 6) is -2.94. The number of rotatable bonds is 0. The third kappa shape index (κ3) is 1.82. The molecule has 0 radical (unpaired) electrons. The van der Waals surface area contributed by atoms with E-state index in [0.717, 1.165) is 0 Å². The van der Waals surface area contributed by atoms with E-state index in [2.05, 4.69) is 0 Å². The number of amides is 1. The quantitative estimate of drug-likeness (QED) is 0.578. The number of carbonyl (C=O) groups is 1. The maximum absolute atomic E-state index is 12.5. The molecule has 12 heavy (non-hydrogen) atoms. The van der Waals surface area contributed by atoms with Crippen molar-refractivity contribution in [1.29, 1.82) is 0 Å². The fourth-order valence-corrected chi connectivity index (χ4v) is 1.14. The second kappa shape index (κ2) is 2.85. The Morgan fingerprint density at radius 2 is 2.17 bits per heavy atom. The standard InChI is InChI=1S/C6H9F2NO3/c7-6(8)1-2-9(5(11)12)4(10)3-6/h4,10H,1-3H2,(H,11,12). The number of aliphatic hydroxyl groups excluding tert-OH is 1. The summed E-state index contributed by atoms with van der Waals surface area (Å²) in [4.78, 5) is 10.9. The fourth-order valence-electron chi connectivity index (χ4n) is 1.14. The minimum Gasteiger partial charge on any atom is -0.465 e. The molecule has 0 aromatic carbocycles. The zero-order chi connectivity index (χ0) is 9.35. The highest BCUT2D eigenvalue weighted by atomic mass is 19.3. The van der Waals surface area contributed by atoms with Gasteiger partial charge in [-0.3, -0.25) is 4.90 Å². The molecular formula is C6H9F2NO3. The van der Waals surface area contributed by atoms with Crippen LogP contribution in [0.5, 0.6) is 0 Å². The van der Waals surface area contributed by atoms with Gasteiger partial charge in [0.1, 0.15) is 6.23 Å². The van der Waals surface area contributed by atoms with E-state index in [4.69, 9.17) is 10.2 Å². The van der Waals surface area contributed by atoms with Crippen LogP contribution in [0.3, 0.4) is 0 Å². The Morgan fingerprint density at radius 3 is 2.58 bits per heavy atom. The molecule has 1 aliphatic rings. The molecule has 0 aromatic heterocycles. The van der Waals surface area contributed by atoms with E-state index in [9.17, 15) is 13.6 Å². The molecule has 4 nitrogen and oxygen atoms in total. The van der Waals surface area contributed by atoms with Gasteiger partial charge in [-0.15, -0.1) is 0 Å². The number of piperidine rings is 1. The van der Waals surface area contributed by atoms with Crippen molar-refractivity contribution in [1.82, 2.24) is 4.90 Å². The van der Waals surface area contributed by atoms with Gasteiger partial charge in [-0.1, -0.05) is 0 Å². The molecule has 0 saturated carbocycles. The summed E-state index contributed by atoms with van der Waals surface area (Å²) in [6.45, 7) is -0.316. The van der Waals surface area contributed by atoms with Crippen LogP contribution in [0.4, 0.5) is 13.6 Å². The van der Waals surface area contributed by atoms with Gasteiger partial charge in [-0.05, 0) is 0 Å². The van der Waals surface area contributed by atoms with Crippen molar-refractivity contribution in [2.45, 2.75) is 25.0 Å². The molecule has 1 fully saturated rings. The Labute approximate surface area is 67.4 Å². The van der Waals surface area contributed by atoms with Crippen LogP contribution in [0.15, 0.2) is 0 Å². The predicted octanol–water partition coefficient (Wildman–Crippen LogP) is 0.714. The van der Waals surface area contributed by atoms with Gasteiger partial charge in [0.2, 0.25) is 0 Å². The summed E-state index contributed by atoms with van der Waals surface area (Å²) in [6, 6.07) is 0. The molecule has 1 rings (SSSR count). The fraction of sp³-hybridized carbons (Fsp3) is 0.833. The van der Waals surface area contributed by atoms with Gasteiger partial charge >= 0.3 is 6.09 Å². The van der Waals surface area contributed by atoms with Gasteiger partial charge in [-0.25, -0.2) is 13.6 Å². The Kier molecular flexibility index (Phi) is 2.18. The van der Waals surface area contributed by atoms with E-state index in [1.54, 1.807) is 0 Å². The summed E-state index contributed by atoms with van der Waals surface area (Å²) in [7, 11) is 0. The first-order valence-corrected chi connectivity index (χ1v) is 3.48. The third-order valence-electron chi connectivity index (χ3n) is 1.81. The molecule has 1 atom stereocenters. The molecule has 2 N–H and O–H groups in total. The number of hydrogen-bond donors (Lipinski definition) is 2. The Balaban J connectivity index is 2.60. The maximum atomic E-state index is 12.5. The smallest absolute Gasteiger partial charge is 0.409 e. The average Bonchev–Trinajstić information content (AvgIpc) is 1.83. The van der Waals surface area contributed by atoms with Crippen molar-refractivity contribution in [3.05, 3.63) is 0 Å². The van der Waals surface area contributed by atoms with Gasteiger partial charge in [-0.2, -0.15) is 0 Å². The normalized spacial score (nSPS) is 28.6. The largest absolute Gasteiger partial charge is 0.465 e. The topological polar surface area (TPSA) is 60.8 Å². The molecule has 1 aliphatic heterocycles. The molecule has 1 heterocycles. The SMILES string of the molecule is O=C(O)N1CCC(F)(F)CC1O. The van der Waals surface area contributed by atoms with E-state index < -0.39 is 31.1 Å². The zero-order valence-electron chi connectivity index (χ0n) is 6.20. The lowest BCUT2D eigenvalue weighted by atomic mass is 10.1. The third-order valence-corrected chi connectivity index (χ3v) is 1.81. The zero-order valence-corrected chi connectivity index (χ0v) is 6.20. The van der Waals surface area contributed by atoms with E-state index in [0.29, 0.717) is 4.90 Å². The highest BCUT2D eigenvalue weighted by Crippen LogP contribution is 2.30. The van der Waals surface area contributed by atoms with Crippen LogP contribution in [0.25, 0.3) is 0 Å². The lowest BCUT2D eigenvalue weighted by molar-refractivity contribution is -0.125. The van der Waals surface area contributed by atoms with Crippen LogP contribution in [-0.2, 0) is 0 Å². The second-order valence-electron chi connectivity index (χ2n) is 2.77. The van der Waals surface area contributed by atoms with Gasteiger partial charge in [0.05, 0.1) is 6.42 Å². The lowest BCUT2D eigenvalue weighted by Crippen LogP contribution is -2.49. The highest BCUT2D eigenvalue weighted by Gasteiger charge is 2.41. The van der Waals surface area contributed by atoms with Gasteiger partial charge in [0, 0.05) is 13.0 Å². The molecule has 6 heteroatoms. The minimum atomic E-state index is -2.94. The first-order chi connectivity index (χ1) is 5.42. The molecule has 1 amide bonds. The summed E-state index contributed by atoms with van der Waals surface area (Å²) in [5, 5.41) is 17.3. The van der Waals surface area contributed by atoms with Crippen LogP contribution in [-0.4, -0.2) is 39.9 Å². The van der Waals surface area contributed by atoms with Gasteiger partial charge in [0.25, 0.3) is 5.92 Å². The predicted molar refractivity (Wildman–Crippen MR) is 34.9 cm³/mol. The number of alkyl halides is 2. The summed E-state index contributed by atoms with van der Waals surface area (Å²) in [5.41, 5.74) is 0. The van der Waals surface area contributed by atoms with Crippen molar-refractivity contribution in [2.24, 2.45) is 0 Å². The lowest BCUT2D eigenvalue weighted by Gasteiger charge is -2.34. The van der Waals surface area contributed by atoms with Crippen LogP contribution < -0.4 is 0 Å². The Hall–Kier alpha value is -0.910. The van der Waals surface area contributed by atoms with Crippen molar-refractivity contribution >= 4 is 6.09 Å². The van der Waals surface area contributed by atoms with Crippen molar-refractivity contribution in [3.8, 4) is 0 Å². The molecular weight excluding hydrogens is 172 g/mol. The molecule has 0 bridgehead atoms. The highest BCUT2D eigenvalue weighted by molar-refractivity contribution is 5.65. The minimum absolute atomic E-state index is 0.316. The summed E-state index contributed by atoms with van der Waals surface area (Å²) < 4.78 is 25.0. The summed E-state index contributed by atoms with van der Waals surface area (Å²) in [6.07, 6.45) is -4.26. The molecule has 70 valence electrons. The number of nitrogens with zero attached hydrogens (tertiary/aromatic N) is 1. The number of likely N-dealkylation sites (tertiary alicyclic amines) is 1. The Morgan fingerprint density at radius 1 is 1.58 bits per heavy atom. The number of halogens is 2. The van der Waals surface area contributed by atoms with Gasteiger partial charge in [0.15, 0.2) is 0 Å². The molecule has 0 aliphatic carbocycles. The number of carboxylic acid groups (broad SMARTS) is 1. The molecule has 0 spiro atoms. The van der Waals surface area contributed by atoms with Gasteiger partial charge < -0.3 is 10.2 Å². The Bertz CT molecular complexity index is 197. The number of hydrogen-bond acceptors (Lipinski definition) is 2. The average molecular weight is 181 g/mol. The molecule has 1 unspecified atom stereocenters. The van der Waals surface area contributed by atoms with Crippen LogP contribution >= 0.6 is 0 Å². The van der Waals surface area contributed by atoms with Crippen molar-refractivity contribution in [2.75, 3.05) is 6.54 Å². The second-order valence-corrected chi connectivity index (χ2v) is 2.77. The summed E-state index contributed by atoms with van der Waals surface area (Å²) >= 11 is 0. The van der Waals surface area contributed by atoms with Crippen LogP contribution in [0.2, 0.25) is 0 Å². The van der Waals surface area contributed by atoms with E-state index in [1.807, 2.05) is 0 Å². The van der Waals surface area contributed by atoms with E-state index in [1.165, 1.54) is 0 Å².